The van der Waals surface area contributed by atoms with Crippen LogP contribution in [0.25, 0.3) is 10.6 Å². The van der Waals surface area contributed by atoms with Crippen molar-refractivity contribution in [3.05, 3.63) is 65.7 Å². The number of nitrogens with zero attached hydrogens (tertiary/aromatic N) is 1. The lowest BCUT2D eigenvalue weighted by molar-refractivity contribution is 0.0729. The number of carbonyl (C=O) groups is 1. The Morgan fingerprint density at radius 1 is 1.00 bits per heavy atom. The predicted molar refractivity (Wildman–Crippen MR) is 85.5 cm³/mol. The second-order valence-corrected chi connectivity index (χ2v) is 5.33. The highest BCUT2D eigenvalue weighted by Gasteiger charge is 2.14. The summed E-state index contributed by atoms with van der Waals surface area (Å²) in [5.41, 5.74) is 1.24. The van der Waals surface area contributed by atoms with Gasteiger partial charge in [0, 0.05) is 10.9 Å². The van der Waals surface area contributed by atoms with E-state index in [1.165, 1.54) is 11.3 Å². The summed E-state index contributed by atoms with van der Waals surface area (Å²) in [6.45, 7) is 0. The number of benzene rings is 2. The van der Waals surface area contributed by atoms with Gasteiger partial charge in [-0.3, -0.25) is 0 Å². The van der Waals surface area contributed by atoms with Crippen LogP contribution >= 0.6 is 11.3 Å². The fraction of sp³-hybridized carbons (Fsp3) is 0.0588. The molecule has 1 heterocycles. The molecule has 0 unspecified atom stereocenters. The van der Waals surface area contributed by atoms with Gasteiger partial charge in [0.25, 0.3) is 0 Å². The monoisotopic (exact) mass is 311 g/mol. The van der Waals surface area contributed by atoms with Gasteiger partial charge in [0.2, 0.25) is 0 Å². The fourth-order valence-corrected chi connectivity index (χ4v) is 2.68. The molecule has 3 rings (SSSR count). The quantitative estimate of drug-likeness (QED) is 0.539. The molecule has 1 aromatic heterocycles. The Morgan fingerprint density at radius 3 is 2.41 bits per heavy atom. The average molecular weight is 311 g/mol. The zero-order valence-corrected chi connectivity index (χ0v) is 12.7. The van der Waals surface area contributed by atoms with Crippen molar-refractivity contribution in [2.24, 2.45) is 0 Å². The fourth-order valence-electron chi connectivity index (χ4n) is 1.88. The van der Waals surface area contributed by atoms with Gasteiger partial charge in [0.15, 0.2) is 5.69 Å². The first-order chi connectivity index (χ1) is 10.8. The third-order valence-electron chi connectivity index (χ3n) is 3.00. The number of methoxy groups -OCH3 is 1. The van der Waals surface area contributed by atoms with Crippen molar-refractivity contribution in [3.63, 3.8) is 0 Å². The van der Waals surface area contributed by atoms with Crippen molar-refractivity contribution in [2.75, 3.05) is 7.11 Å². The summed E-state index contributed by atoms with van der Waals surface area (Å²) in [6.07, 6.45) is 0. The number of aromatic nitrogens is 1. The maximum absolute atomic E-state index is 12.1. The second-order valence-electron chi connectivity index (χ2n) is 4.47. The Hall–Kier alpha value is -2.66. The molecule has 0 bridgehead atoms. The van der Waals surface area contributed by atoms with E-state index in [0.717, 1.165) is 16.3 Å². The van der Waals surface area contributed by atoms with E-state index in [1.54, 1.807) is 24.6 Å². The van der Waals surface area contributed by atoms with Crippen molar-refractivity contribution in [1.29, 1.82) is 0 Å². The van der Waals surface area contributed by atoms with E-state index in [1.807, 2.05) is 42.5 Å². The molecule has 22 heavy (non-hydrogen) atoms. The first-order valence-corrected chi connectivity index (χ1v) is 7.51. The summed E-state index contributed by atoms with van der Waals surface area (Å²) >= 11 is 1.40. The topological polar surface area (TPSA) is 48.4 Å². The number of hydrogen-bond donors (Lipinski definition) is 0. The third-order valence-corrected chi connectivity index (χ3v) is 3.90. The van der Waals surface area contributed by atoms with Crippen LogP contribution in [0.5, 0.6) is 11.5 Å². The molecule has 0 saturated carbocycles. The molecule has 110 valence electrons. The molecular weight excluding hydrogens is 298 g/mol. The lowest BCUT2D eigenvalue weighted by Gasteiger charge is -2.01. The Kier molecular flexibility index (Phi) is 4.16. The van der Waals surface area contributed by atoms with Gasteiger partial charge in [-0.15, -0.1) is 11.3 Å². The largest absolute Gasteiger partial charge is 0.497 e. The van der Waals surface area contributed by atoms with E-state index in [2.05, 4.69) is 4.98 Å². The van der Waals surface area contributed by atoms with Crippen LogP contribution in [0.4, 0.5) is 0 Å². The molecule has 0 aliphatic heterocycles. The van der Waals surface area contributed by atoms with Crippen LogP contribution in [0.1, 0.15) is 10.5 Å². The summed E-state index contributed by atoms with van der Waals surface area (Å²) in [6, 6.07) is 16.5. The molecule has 0 amide bonds. The lowest BCUT2D eigenvalue weighted by atomic mass is 10.2. The first kappa shape index (κ1) is 14.3. The second kappa shape index (κ2) is 6.41. The Morgan fingerprint density at radius 2 is 1.73 bits per heavy atom. The van der Waals surface area contributed by atoms with Gasteiger partial charge in [-0.2, -0.15) is 0 Å². The highest BCUT2D eigenvalue weighted by atomic mass is 32.1. The van der Waals surface area contributed by atoms with Crippen LogP contribution in [0.3, 0.4) is 0 Å². The minimum Gasteiger partial charge on any atom is -0.497 e. The number of ether oxygens (including phenoxy) is 2. The van der Waals surface area contributed by atoms with Crippen molar-refractivity contribution in [1.82, 2.24) is 4.98 Å². The smallest absolute Gasteiger partial charge is 0.363 e. The van der Waals surface area contributed by atoms with Gasteiger partial charge in [-0.25, -0.2) is 9.78 Å². The molecule has 0 radical (unpaired) electrons. The molecule has 0 saturated heterocycles. The highest BCUT2D eigenvalue weighted by Crippen LogP contribution is 2.26. The molecule has 0 aliphatic rings. The molecule has 2 aromatic carbocycles. The summed E-state index contributed by atoms with van der Waals surface area (Å²) < 4.78 is 10.4. The SMILES string of the molecule is COc1ccc(-c2nc(C(=O)Oc3ccccc3)cs2)cc1. The predicted octanol–water partition coefficient (Wildman–Crippen LogP) is 4.04. The molecular formula is C17H13NO3S. The minimum absolute atomic E-state index is 0.305. The number of rotatable bonds is 4. The normalized spacial score (nSPS) is 10.2. The number of esters is 1. The van der Waals surface area contributed by atoms with Crippen LogP contribution in [0, 0.1) is 0 Å². The number of para-hydroxylation sites is 1. The molecule has 4 nitrogen and oxygen atoms in total. The number of thiazole rings is 1. The van der Waals surface area contributed by atoms with Crippen LogP contribution in [0.15, 0.2) is 60.0 Å². The van der Waals surface area contributed by atoms with Gasteiger partial charge >= 0.3 is 5.97 Å². The zero-order valence-electron chi connectivity index (χ0n) is 11.9. The summed E-state index contributed by atoms with van der Waals surface area (Å²) in [5.74, 6) is 0.831. The van der Waals surface area contributed by atoms with Gasteiger partial charge in [-0.05, 0) is 36.4 Å². The van der Waals surface area contributed by atoms with Gasteiger partial charge in [0.1, 0.15) is 16.5 Å². The van der Waals surface area contributed by atoms with Crippen molar-refractivity contribution >= 4 is 17.3 Å². The van der Waals surface area contributed by atoms with Gasteiger partial charge < -0.3 is 9.47 Å². The summed E-state index contributed by atoms with van der Waals surface area (Å²) in [7, 11) is 1.62. The van der Waals surface area contributed by atoms with E-state index >= 15 is 0 Å². The Bertz CT molecular complexity index is 766. The highest BCUT2D eigenvalue weighted by molar-refractivity contribution is 7.13. The zero-order chi connectivity index (χ0) is 15.4. The molecule has 0 aliphatic carbocycles. The molecule has 5 heteroatoms. The van der Waals surface area contributed by atoms with Crippen molar-refractivity contribution < 1.29 is 14.3 Å². The van der Waals surface area contributed by atoms with Crippen LogP contribution in [0.2, 0.25) is 0 Å². The van der Waals surface area contributed by atoms with Crippen molar-refractivity contribution in [3.8, 4) is 22.1 Å². The van der Waals surface area contributed by atoms with E-state index < -0.39 is 5.97 Å². The van der Waals surface area contributed by atoms with Crippen LogP contribution in [-0.4, -0.2) is 18.1 Å². The standard InChI is InChI=1S/C17H13NO3S/c1-20-13-9-7-12(8-10-13)16-18-15(11-22-16)17(19)21-14-5-3-2-4-6-14/h2-11H,1H3. The van der Waals surface area contributed by atoms with Crippen molar-refractivity contribution in [2.45, 2.75) is 0 Å². The Labute approximate surface area is 132 Å². The summed E-state index contributed by atoms with van der Waals surface area (Å²) in [5, 5.41) is 2.47. The van der Waals surface area contributed by atoms with Gasteiger partial charge in [-0.1, -0.05) is 18.2 Å². The van der Waals surface area contributed by atoms with E-state index in [4.69, 9.17) is 9.47 Å². The molecule has 0 fully saturated rings. The Balaban J connectivity index is 1.76. The first-order valence-electron chi connectivity index (χ1n) is 6.63. The maximum atomic E-state index is 12.1. The minimum atomic E-state index is -0.456. The average Bonchev–Trinajstić information content (AvgIpc) is 3.06. The van der Waals surface area contributed by atoms with Crippen LogP contribution in [-0.2, 0) is 0 Å². The van der Waals surface area contributed by atoms with E-state index in [-0.39, 0.29) is 0 Å². The molecule has 3 aromatic rings. The molecule has 0 atom stereocenters. The van der Waals surface area contributed by atoms with Crippen LogP contribution < -0.4 is 9.47 Å². The number of carbonyl (C=O) groups excluding carboxylic acids is 1. The van der Waals surface area contributed by atoms with E-state index in [9.17, 15) is 4.79 Å². The third kappa shape index (κ3) is 3.15. The molecule has 0 N–H and O–H groups in total. The van der Waals surface area contributed by atoms with E-state index in [0.29, 0.717) is 11.4 Å². The molecule has 0 spiro atoms. The number of hydrogen-bond acceptors (Lipinski definition) is 5. The summed E-state index contributed by atoms with van der Waals surface area (Å²) in [4.78, 5) is 16.4. The van der Waals surface area contributed by atoms with Gasteiger partial charge in [0.05, 0.1) is 7.11 Å². The maximum Gasteiger partial charge on any atom is 0.363 e. The lowest BCUT2D eigenvalue weighted by Crippen LogP contribution is -2.08.